The number of likely N-dealkylation sites (N-methyl/N-ethyl adjacent to an activating group) is 1. The Morgan fingerprint density at radius 1 is 0.870 bits per heavy atom. The van der Waals surface area contributed by atoms with E-state index in [1.54, 1.807) is 0 Å². The Morgan fingerprint density at radius 2 is 1.52 bits per heavy atom. The minimum absolute atomic E-state index is 0.554. The molecular weight excluding hydrogens is 278 g/mol. The Morgan fingerprint density at radius 3 is 2.17 bits per heavy atom. The summed E-state index contributed by atoms with van der Waals surface area (Å²) in [5, 5.41) is 0. The summed E-state index contributed by atoms with van der Waals surface area (Å²) in [6, 6.07) is 22.6. The van der Waals surface area contributed by atoms with Gasteiger partial charge in [0, 0.05) is 12.0 Å². The molecule has 0 saturated carbocycles. The minimum Gasteiger partial charge on any atom is -0.306 e. The zero-order valence-corrected chi connectivity index (χ0v) is 14.3. The summed E-state index contributed by atoms with van der Waals surface area (Å²) in [5.74, 6) is 0.554. The number of hydrogen-bond acceptors (Lipinski definition) is 1. The Labute approximate surface area is 140 Å². The fourth-order valence-electron chi connectivity index (χ4n) is 3.81. The van der Waals surface area contributed by atoms with E-state index >= 15 is 0 Å². The van der Waals surface area contributed by atoms with E-state index in [-0.39, 0.29) is 0 Å². The van der Waals surface area contributed by atoms with Crippen LogP contribution in [0.25, 0.3) is 5.57 Å². The molecule has 0 amide bonds. The van der Waals surface area contributed by atoms with Crippen LogP contribution in [0.1, 0.15) is 42.7 Å². The molecule has 120 valence electrons. The highest BCUT2D eigenvalue weighted by molar-refractivity contribution is 5.66. The van der Waals surface area contributed by atoms with Gasteiger partial charge in [-0.15, -0.1) is 0 Å². The zero-order chi connectivity index (χ0) is 16.1. The van der Waals surface area contributed by atoms with Gasteiger partial charge in [-0.05, 0) is 56.5 Å². The van der Waals surface area contributed by atoms with E-state index in [1.807, 2.05) is 0 Å². The maximum absolute atomic E-state index is 2.47. The highest BCUT2D eigenvalue weighted by atomic mass is 15.1. The molecule has 1 nitrogen and oxygen atoms in total. The average Bonchev–Trinajstić information content (AvgIpc) is 2.56. The van der Waals surface area contributed by atoms with Gasteiger partial charge in [-0.1, -0.05) is 66.7 Å². The summed E-state index contributed by atoms with van der Waals surface area (Å²) in [7, 11) is 4.46. The van der Waals surface area contributed by atoms with Crippen LogP contribution in [0, 0.1) is 0 Å². The molecule has 0 aliphatic heterocycles. The van der Waals surface area contributed by atoms with Crippen molar-refractivity contribution in [1.29, 1.82) is 0 Å². The molecule has 0 spiro atoms. The molecule has 0 aromatic heterocycles. The lowest BCUT2D eigenvalue weighted by molar-refractivity contribution is 0.234. The second-order valence-electron chi connectivity index (χ2n) is 6.78. The number of hydrogen-bond donors (Lipinski definition) is 0. The lowest BCUT2D eigenvalue weighted by atomic mass is 9.79. The predicted molar refractivity (Wildman–Crippen MR) is 99.5 cm³/mol. The van der Waals surface area contributed by atoms with Gasteiger partial charge < -0.3 is 4.90 Å². The first-order valence-electron chi connectivity index (χ1n) is 8.71. The molecule has 0 unspecified atom stereocenters. The third-order valence-electron chi connectivity index (χ3n) is 5.03. The molecule has 2 aromatic rings. The van der Waals surface area contributed by atoms with Crippen LogP contribution in [0.3, 0.4) is 0 Å². The highest BCUT2D eigenvalue weighted by Crippen LogP contribution is 2.37. The van der Waals surface area contributed by atoms with Crippen molar-refractivity contribution in [2.24, 2.45) is 0 Å². The minimum atomic E-state index is 0.554. The van der Waals surface area contributed by atoms with Crippen molar-refractivity contribution in [3.63, 3.8) is 0 Å². The van der Waals surface area contributed by atoms with E-state index in [9.17, 15) is 0 Å². The van der Waals surface area contributed by atoms with E-state index in [2.05, 4.69) is 85.7 Å². The van der Waals surface area contributed by atoms with E-state index < -0.39 is 0 Å². The van der Waals surface area contributed by atoms with Crippen LogP contribution in [0.4, 0.5) is 0 Å². The number of rotatable bonds is 3. The second kappa shape index (κ2) is 7.61. The first-order chi connectivity index (χ1) is 11.3. The van der Waals surface area contributed by atoms with Crippen molar-refractivity contribution in [3.05, 3.63) is 77.9 Å². The van der Waals surface area contributed by atoms with E-state index in [0.29, 0.717) is 12.0 Å². The maximum atomic E-state index is 2.47. The Hall–Kier alpha value is -1.86. The summed E-state index contributed by atoms with van der Waals surface area (Å²) >= 11 is 0. The van der Waals surface area contributed by atoms with Crippen molar-refractivity contribution in [3.8, 4) is 0 Å². The Kier molecular flexibility index (Phi) is 5.30. The smallest absolute Gasteiger partial charge is 0.0161 e. The van der Waals surface area contributed by atoms with Gasteiger partial charge in [-0.2, -0.15) is 0 Å². The largest absolute Gasteiger partial charge is 0.306 e. The van der Waals surface area contributed by atoms with Gasteiger partial charge in [0.15, 0.2) is 0 Å². The quantitative estimate of drug-likeness (QED) is 0.738. The number of benzene rings is 2. The molecule has 0 bridgehead atoms. The summed E-state index contributed by atoms with van der Waals surface area (Å²) in [5.41, 5.74) is 4.36. The average molecular weight is 305 g/mol. The normalized spacial score (nSPS) is 22.3. The fraction of sp³-hybridized carbons (Fsp3) is 0.364. The van der Waals surface area contributed by atoms with E-state index in [0.717, 1.165) is 6.42 Å². The van der Waals surface area contributed by atoms with Crippen LogP contribution in [-0.4, -0.2) is 25.0 Å². The summed E-state index contributed by atoms with van der Waals surface area (Å²) in [4.78, 5) is 2.42. The number of nitrogens with zero attached hydrogens (tertiary/aromatic N) is 1. The van der Waals surface area contributed by atoms with Gasteiger partial charge >= 0.3 is 0 Å². The third-order valence-corrected chi connectivity index (χ3v) is 5.03. The summed E-state index contributed by atoms with van der Waals surface area (Å²) in [6.07, 6.45) is 7.32. The van der Waals surface area contributed by atoms with Crippen LogP contribution < -0.4 is 0 Å². The molecule has 3 rings (SSSR count). The van der Waals surface area contributed by atoms with Crippen LogP contribution in [-0.2, 0) is 0 Å². The molecule has 1 heteroatoms. The molecule has 2 aromatic carbocycles. The highest BCUT2D eigenvalue weighted by Gasteiger charge is 2.27. The molecule has 23 heavy (non-hydrogen) atoms. The van der Waals surface area contributed by atoms with Crippen LogP contribution in [0.15, 0.2) is 66.7 Å². The topological polar surface area (TPSA) is 3.24 Å². The summed E-state index contributed by atoms with van der Waals surface area (Å²) in [6.45, 7) is 0. The standard InChI is InChI=1S/C22H27N/c1-23(2)22-16-10-9-15-20(18-11-5-3-6-12-18)17-21(22)19-13-7-4-8-14-19/h3-8,11-15,21-22H,9-10,16-17H2,1-2H3/t21-,22-/m1/s1. The molecule has 1 aliphatic carbocycles. The molecule has 1 aliphatic rings. The first kappa shape index (κ1) is 16.0. The molecule has 0 N–H and O–H groups in total. The number of allylic oxidation sites excluding steroid dienone is 2. The molecule has 0 radical (unpaired) electrons. The lowest BCUT2D eigenvalue weighted by Crippen LogP contribution is -2.34. The molecule has 0 saturated heterocycles. The zero-order valence-electron chi connectivity index (χ0n) is 14.3. The van der Waals surface area contributed by atoms with Gasteiger partial charge in [0.25, 0.3) is 0 Å². The third kappa shape index (κ3) is 3.92. The van der Waals surface area contributed by atoms with Gasteiger partial charge in [0.1, 0.15) is 0 Å². The van der Waals surface area contributed by atoms with Crippen LogP contribution in [0.5, 0.6) is 0 Å². The van der Waals surface area contributed by atoms with Crippen molar-refractivity contribution >= 4 is 5.57 Å². The van der Waals surface area contributed by atoms with Gasteiger partial charge in [-0.3, -0.25) is 0 Å². The van der Waals surface area contributed by atoms with Gasteiger partial charge in [-0.25, -0.2) is 0 Å². The monoisotopic (exact) mass is 305 g/mol. The molecule has 0 heterocycles. The SMILES string of the molecule is CN(C)[C@@H]1CCCC=C(c2ccccc2)C[C@@H]1c1ccccc1. The fourth-order valence-corrected chi connectivity index (χ4v) is 3.81. The Balaban J connectivity index is 1.96. The van der Waals surface area contributed by atoms with Gasteiger partial charge in [0.05, 0.1) is 0 Å². The van der Waals surface area contributed by atoms with Crippen molar-refractivity contribution in [2.45, 2.75) is 37.6 Å². The molecule has 2 atom stereocenters. The maximum Gasteiger partial charge on any atom is 0.0161 e. The molecule has 0 fully saturated rings. The van der Waals surface area contributed by atoms with E-state index in [4.69, 9.17) is 0 Å². The van der Waals surface area contributed by atoms with Gasteiger partial charge in [0.2, 0.25) is 0 Å². The van der Waals surface area contributed by atoms with E-state index in [1.165, 1.54) is 36.0 Å². The van der Waals surface area contributed by atoms with Crippen molar-refractivity contribution in [1.82, 2.24) is 4.90 Å². The van der Waals surface area contributed by atoms with Crippen LogP contribution in [0.2, 0.25) is 0 Å². The lowest BCUT2D eigenvalue weighted by Gasteiger charge is -2.35. The van der Waals surface area contributed by atoms with Crippen molar-refractivity contribution < 1.29 is 0 Å². The summed E-state index contributed by atoms with van der Waals surface area (Å²) < 4.78 is 0. The second-order valence-corrected chi connectivity index (χ2v) is 6.78. The van der Waals surface area contributed by atoms with Crippen LogP contribution >= 0.6 is 0 Å². The Bertz CT molecular complexity index is 628. The first-order valence-corrected chi connectivity index (χ1v) is 8.71. The van der Waals surface area contributed by atoms with Crippen molar-refractivity contribution in [2.75, 3.05) is 14.1 Å². The predicted octanol–water partition coefficient (Wildman–Crippen LogP) is 5.36. The molecular formula is C22H27N.